The van der Waals surface area contributed by atoms with Gasteiger partial charge in [-0.15, -0.1) is 0 Å². The van der Waals surface area contributed by atoms with Crippen LogP contribution in [0.3, 0.4) is 0 Å². The maximum atomic E-state index is 13.0. The molecular weight excluding hydrogens is 473 g/mol. The third-order valence-corrected chi connectivity index (χ3v) is 5.67. The molecule has 4 atom stereocenters. The Labute approximate surface area is 208 Å². The van der Waals surface area contributed by atoms with Crippen molar-refractivity contribution in [1.82, 2.24) is 0 Å². The topological polar surface area (TPSA) is 46.2 Å². The van der Waals surface area contributed by atoms with Gasteiger partial charge in [0.25, 0.3) is 0 Å². The number of halogens is 3. The van der Waals surface area contributed by atoms with Gasteiger partial charge in [0.15, 0.2) is 6.29 Å². The first-order valence-electron chi connectivity index (χ1n) is 11.7. The van der Waals surface area contributed by atoms with Gasteiger partial charge in [-0.1, -0.05) is 91.0 Å². The van der Waals surface area contributed by atoms with Gasteiger partial charge in [-0.25, -0.2) is 0 Å². The molecule has 0 N–H and O–H groups in total. The maximum Gasteiger partial charge on any atom is 0.411 e. The van der Waals surface area contributed by atoms with Crippen molar-refractivity contribution in [2.75, 3.05) is 13.2 Å². The summed E-state index contributed by atoms with van der Waals surface area (Å²) in [5.74, 6) is 0. The van der Waals surface area contributed by atoms with E-state index in [4.69, 9.17) is 23.7 Å². The smallest absolute Gasteiger partial charge is 0.368 e. The molecule has 4 rings (SSSR count). The Balaban J connectivity index is 1.53. The molecule has 1 aliphatic heterocycles. The fourth-order valence-corrected chi connectivity index (χ4v) is 3.89. The normalized spacial score (nSPS) is 22.4. The second-order valence-electron chi connectivity index (χ2n) is 8.49. The average molecular weight is 503 g/mol. The van der Waals surface area contributed by atoms with E-state index in [-0.39, 0.29) is 19.8 Å². The number of hydrogen-bond donors (Lipinski definition) is 0. The predicted octanol–water partition coefficient (Wildman–Crippen LogP) is 5.68. The lowest BCUT2D eigenvalue weighted by Gasteiger charge is -2.42. The Hall–Kier alpha value is -2.75. The number of benzene rings is 3. The highest BCUT2D eigenvalue weighted by molar-refractivity contribution is 5.15. The first-order valence-corrected chi connectivity index (χ1v) is 11.7. The minimum atomic E-state index is -4.51. The van der Waals surface area contributed by atoms with Gasteiger partial charge in [0.05, 0.1) is 26.4 Å². The van der Waals surface area contributed by atoms with Crippen LogP contribution in [0.5, 0.6) is 0 Å². The summed E-state index contributed by atoms with van der Waals surface area (Å²) in [7, 11) is 0. The first kappa shape index (κ1) is 26.3. The number of alkyl halides is 3. The highest BCUT2D eigenvalue weighted by atomic mass is 19.4. The Kier molecular flexibility index (Phi) is 9.49. The van der Waals surface area contributed by atoms with Gasteiger partial charge < -0.3 is 23.7 Å². The minimum absolute atomic E-state index is 0.0000106. The summed E-state index contributed by atoms with van der Waals surface area (Å²) in [6.07, 6.45) is -8.04. The summed E-state index contributed by atoms with van der Waals surface area (Å²) < 4.78 is 68.2. The first-order chi connectivity index (χ1) is 17.5. The Morgan fingerprint density at radius 1 is 0.611 bits per heavy atom. The molecule has 5 nitrogen and oxygen atoms in total. The van der Waals surface area contributed by atoms with Gasteiger partial charge in [-0.3, -0.25) is 0 Å². The second-order valence-corrected chi connectivity index (χ2v) is 8.49. The van der Waals surface area contributed by atoms with E-state index in [1.807, 2.05) is 91.0 Å². The molecule has 8 heteroatoms. The van der Waals surface area contributed by atoms with Crippen LogP contribution in [-0.4, -0.2) is 44.0 Å². The molecular formula is C28H29F3O5. The van der Waals surface area contributed by atoms with Crippen LogP contribution < -0.4 is 0 Å². The van der Waals surface area contributed by atoms with E-state index in [0.717, 1.165) is 16.7 Å². The van der Waals surface area contributed by atoms with E-state index in [2.05, 4.69) is 0 Å². The molecule has 3 aromatic rings. The zero-order valence-electron chi connectivity index (χ0n) is 19.7. The van der Waals surface area contributed by atoms with Crippen molar-refractivity contribution in [2.24, 2.45) is 0 Å². The molecule has 0 saturated carbocycles. The lowest BCUT2D eigenvalue weighted by atomic mass is 10.0. The van der Waals surface area contributed by atoms with Crippen molar-refractivity contribution in [3.63, 3.8) is 0 Å². The molecule has 0 aliphatic carbocycles. The number of hydrogen-bond acceptors (Lipinski definition) is 5. The van der Waals surface area contributed by atoms with Crippen LogP contribution in [-0.2, 0) is 43.5 Å². The molecule has 36 heavy (non-hydrogen) atoms. The SMILES string of the molecule is FC(F)(F)CO[C@@H]1OC[C@@H](OCc2ccccc2)[C@H](OCc2ccccc2)[C@H]1OCc1ccccc1. The molecule has 0 spiro atoms. The molecule has 1 fully saturated rings. The van der Waals surface area contributed by atoms with Crippen LogP contribution in [0.4, 0.5) is 13.2 Å². The minimum Gasteiger partial charge on any atom is -0.368 e. The Morgan fingerprint density at radius 2 is 1.06 bits per heavy atom. The van der Waals surface area contributed by atoms with Gasteiger partial charge in [-0.05, 0) is 16.7 Å². The summed E-state index contributed by atoms with van der Waals surface area (Å²) in [5, 5.41) is 0. The summed E-state index contributed by atoms with van der Waals surface area (Å²) in [6, 6.07) is 28.5. The van der Waals surface area contributed by atoms with Crippen molar-refractivity contribution < 1.29 is 36.9 Å². The zero-order chi connectivity index (χ0) is 25.2. The van der Waals surface area contributed by atoms with E-state index in [9.17, 15) is 13.2 Å². The Morgan fingerprint density at radius 3 is 1.53 bits per heavy atom. The lowest BCUT2D eigenvalue weighted by Crippen LogP contribution is -2.57. The highest BCUT2D eigenvalue weighted by Crippen LogP contribution is 2.28. The third-order valence-electron chi connectivity index (χ3n) is 5.67. The monoisotopic (exact) mass is 502 g/mol. The fraction of sp³-hybridized carbons (Fsp3) is 0.357. The Bertz CT molecular complexity index is 1020. The fourth-order valence-electron chi connectivity index (χ4n) is 3.89. The van der Waals surface area contributed by atoms with Crippen LogP contribution in [0.15, 0.2) is 91.0 Å². The molecule has 3 aromatic carbocycles. The molecule has 1 aliphatic rings. The zero-order valence-corrected chi connectivity index (χ0v) is 19.7. The molecule has 0 unspecified atom stereocenters. The van der Waals surface area contributed by atoms with Crippen LogP contribution in [0.2, 0.25) is 0 Å². The molecule has 1 heterocycles. The van der Waals surface area contributed by atoms with E-state index < -0.39 is 37.4 Å². The summed E-state index contributed by atoms with van der Waals surface area (Å²) >= 11 is 0. The summed E-state index contributed by atoms with van der Waals surface area (Å²) in [6.45, 7) is -0.783. The standard InChI is InChI=1S/C28H29F3O5/c29-28(30,31)20-36-27-26(34-18-23-14-8-3-9-15-23)25(33-17-22-12-6-2-7-13-22)24(19-35-27)32-16-21-10-4-1-5-11-21/h1-15,24-27H,16-20H2/t24-,25+,26-,27+/m1/s1. The van der Waals surface area contributed by atoms with Crippen LogP contribution in [0, 0.1) is 0 Å². The van der Waals surface area contributed by atoms with Gasteiger partial charge in [0.2, 0.25) is 0 Å². The van der Waals surface area contributed by atoms with E-state index >= 15 is 0 Å². The van der Waals surface area contributed by atoms with Gasteiger partial charge in [0.1, 0.15) is 24.9 Å². The molecule has 0 radical (unpaired) electrons. The lowest BCUT2D eigenvalue weighted by molar-refractivity contribution is -0.317. The van der Waals surface area contributed by atoms with Crippen molar-refractivity contribution in [1.29, 1.82) is 0 Å². The summed E-state index contributed by atoms with van der Waals surface area (Å²) in [4.78, 5) is 0. The van der Waals surface area contributed by atoms with Gasteiger partial charge in [-0.2, -0.15) is 13.2 Å². The van der Waals surface area contributed by atoms with Crippen molar-refractivity contribution in [2.45, 2.75) is 50.6 Å². The second kappa shape index (κ2) is 13.0. The van der Waals surface area contributed by atoms with Gasteiger partial charge in [0, 0.05) is 0 Å². The number of rotatable bonds is 11. The molecule has 0 bridgehead atoms. The summed E-state index contributed by atoms with van der Waals surface area (Å²) in [5.41, 5.74) is 2.73. The van der Waals surface area contributed by atoms with Crippen LogP contribution in [0.25, 0.3) is 0 Å². The van der Waals surface area contributed by atoms with Crippen LogP contribution >= 0.6 is 0 Å². The average Bonchev–Trinajstić information content (AvgIpc) is 2.90. The van der Waals surface area contributed by atoms with E-state index in [1.165, 1.54) is 0 Å². The van der Waals surface area contributed by atoms with E-state index in [1.54, 1.807) is 0 Å². The largest absolute Gasteiger partial charge is 0.411 e. The van der Waals surface area contributed by atoms with Crippen molar-refractivity contribution in [3.05, 3.63) is 108 Å². The van der Waals surface area contributed by atoms with Crippen molar-refractivity contribution >= 4 is 0 Å². The number of ether oxygens (including phenoxy) is 5. The van der Waals surface area contributed by atoms with Crippen molar-refractivity contribution in [3.8, 4) is 0 Å². The highest BCUT2D eigenvalue weighted by Gasteiger charge is 2.45. The molecule has 1 saturated heterocycles. The van der Waals surface area contributed by atoms with E-state index in [0.29, 0.717) is 6.61 Å². The maximum absolute atomic E-state index is 13.0. The predicted molar refractivity (Wildman–Crippen MR) is 127 cm³/mol. The molecule has 192 valence electrons. The van der Waals surface area contributed by atoms with Crippen LogP contribution in [0.1, 0.15) is 16.7 Å². The molecule has 0 aromatic heterocycles. The third kappa shape index (κ3) is 8.15. The molecule has 0 amide bonds. The van der Waals surface area contributed by atoms with Gasteiger partial charge >= 0.3 is 6.18 Å². The quantitative estimate of drug-likeness (QED) is 0.338.